The van der Waals surface area contributed by atoms with Crippen molar-refractivity contribution >= 4 is 0 Å². The molecule has 0 spiro atoms. The average molecular weight is 325 g/mol. The highest BCUT2D eigenvalue weighted by Gasteiger charge is 2.19. The van der Waals surface area contributed by atoms with Crippen LogP contribution >= 0.6 is 0 Å². The van der Waals surface area contributed by atoms with E-state index in [1.165, 1.54) is 64.2 Å². The van der Waals surface area contributed by atoms with Gasteiger partial charge in [-0.15, -0.1) is 0 Å². The lowest BCUT2D eigenvalue weighted by Crippen LogP contribution is -2.13. The second kappa shape index (κ2) is 11.4. The van der Waals surface area contributed by atoms with Gasteiger partial charge in [0.05, 0.1) is 0 Å². The Kier molecular flexibility index (Phi) is 9.04. The summed E-state index contributed by atoms with van der Waals surface area (Å²) in [6.45, 7) is 4.23. The largest absolute Gasteiger partial charge is 0.0993 e. The summed E-state index contributed by atoms with van der Waals surface area (Å²) in [5.41, 5.74) is 0. The Balaban J connectivity index is 1.68. The van der Waals surface area contributed by atoms with Crippen LogP contribution in [0.25, 0.3) is 0 Å². The molecule has 24 heavy (non-hydrogen) atoms. The highest BCUT2D eigenvalue weighted by Crippen LogP contribution is 2.32. The van der Waals surface area contributed by atoms with Crippen LogP contribution in [-0.2, 0) is 0 Å². The Morgan fingerprint density at radius 2 is 1.50 bits per heavy atom. The third kappa shape index (κ3) is 7.12. The van der Waals surface area contributed by atoms with Crippen molar-refractivity contribution in [1.29, 1.82) is 0 Å². The van der Waals surface area contributed by atoms with Gasteiger partial charge in [-0.25, -0.2) is 0 Å². The van der Waals surface area contributed by atoms with Gasteiger partial charge in [0.1, 0.15) is 0 Å². The van der Waals surface area contributed by atoms with E-state index in [4.69, 9.17) is 0 Å². The van der Waals surface area contributed by atoms with E-state index in [1.807, 2.05) is 0 Å². The molecule has 0 heteroatoms. The van der Waals surface area contributed by atoms with E-state index >= 15 is 0 Å². The molecule has 2 unspecified atom stereocenters. The minimum Gasteiger partial charge on any atom is -0.0993 e. The number of hydrogen-bond acceptors (Lipinski definition) is 0. The predicted octanol–water partition coefficient (Wildman–Crippen LogP) is 7.09. The lowest BCUT2D eigenvalue weighted by atomic mass is 9.80. The van der Waals surface area contributed by atoms with Crippen LogP contribution in [0.2, 0.25) is 0 Å². The summed E-state index contributed by atoms with van der Waals surface area (Å²) >= 11 is 0. The molecule has 0 aromatic rings. The van der Waals surface area contributed by atoms with Crippen LogP contribution in [0.3, 0.4) is 0 Å². The van der Waals surface area contributed by atoms with Crippen molar-refractivity contribution < 1.29 is 0 Å². The fourth-order valence-electron chi connectivity index (χ4n) is 4.03. The van der Waals surface area contributed by atoms with Gasteiger partial charge in [-0.1, -0.05) is 48.3 Å². The summed E-state index contributed by atoms with van der Waals surface area (Å²) in [5, 5.41) is 0. The minimum absolute atomic E-state index is 0.524. The molecule has 2 aliphatic rings. The molecule has 132 valence electrons. The minimum atomic E-state index is 0.524. The van der Waals surface area contributed by atoms with Gasteiger partial charge in [0.15, 0.2) is 0 Å². The Morgan fingerprint density at radius 1 is 0.792 bits per heavy atom. The third-order valence-electron chi connectivity index (χ3n) is 5.70. The van der Waals surface area contributed by atoms with E-state index in [9.17, 15) is 0 Å². The molecule has 2 aliphatic carbocycles. The quantitative estimate of drug-likeness (QED) is 0.361. The first-order chi connectivity index (χ1) is 11.8. The van der Waals surface area contributed by atoms with Gasteiger partial charge < -0.3 is 0 Å². The Morgan fingerprint density at radius 3 is 2.12 bits per heavy atom. The molecule has 2 atom stereocenters. The van der Waals surface area contributed by atoms with Crippen LogP contribution in [0.5, 0.6) is 0 Å². The Hall–Kier alpha value is -1.22. The van der Waals surface area contributed by atoms with Crippen molar-refractivity contribution in [3.05, 3.63) is 36.5 Å². The first-order valence-electron chi connectivity index (χ1n) is 10.2. The van der Waals surface area contributed by atoms with Gasteiger partial charge >= 0.3 is 0 Å². The molecule has 0 amide bonds. The van der Waals surface area contributed by atoms with Crippen LogP contribution in [0.4, 0.5) is 0 Å². The van der Waals surface area contributed by atoms with Crippen molar-refractivity contribution in [2.75, 3.05) is 0 Å². The topological polar surface area (TPSA) is 0 Å². The Bertz CT molecular complexity index is 474. The molecule has 0 aliphatic heterocycles. The summed E-state index contributed by atoms with van der Waals surface area (Å²) in [6, 6.07) is 0. The molecule has 0 radical (unpaired) electrons. The molecule has 0 nitrogen and oxygen atoms in total. The van der Waals surface area contributed by atoms with Crippen LogP contribution in [0, 0.1) is 35.5 Å². The van der Waals surface area contributed by atoms with Gasteiger partial charge in [-0.3, -0.25) is 0 Å². The molecule has 1 fully saturated rings. The molecule has 0 bridgehead atoms. The maximum absolute atomic E-state index is 3.62. The first-order valence-corrected chi connectivity index (χ1v) is 10.2. The molecule has 0 N–H and O–H groups in total. The fraction of sp³-hybridized carbons (Fsp3) is 0.667. The zero-order chi connectivity index (χ0) is 17.0. The van der Waals surface area contributed by atoms with Crippen molar-refractivity contribution in [3.8, 4) is 11.8 Å². The predicted molar refractivity (Wildman–Crippen MR) is 107 cm³/mol. The van der Waals surface area contributed by atoms with Crippen LogP contribution < -0.4 is 0 Å². The molecule has 0 aromatic heterocycles. The molecular weight excluding hydrogens is 288 g/mol. The molecule has 1 saturated carbocycles. The summed E-state index contributed by atoms with van der Waals surface area (Å²) in [4.78, 5) is 0. The number of allylic oxidation sites excluding steroid dienone is 6. The highest BCUT2D eigenvalue weighted by molar-refractivity contribution is 5.16. The maximum Gasteiger partial charge on any atom is 0.0383 e. The van der Waals surface area contributed by atoms with Crippen LogP contribution in [0.1, 0.15) is 78.1 Å². The van der Waals surface area contributed by atoms with Crippen LogP contribution in [0.15, 0.2) is 36.5 Å². The average Bonchev–Trinajstić information content (AvgIpc) is 2.63. The smallest absolute Gasteiger partial charge is 0.0383 e. The van der Waals surface area contributed by atoms with Crippen molar-refractivity contribution in [2.45, 2.75) is 78.1 Å². The maximum atomic E-state index is 3.62. The second-order valence-electron chi connectivity index (χ2n) is 7.63. The zero-order valence-corrected chi connectivity index (χ0v) is 15.8. The van der Waals surface area contributed by atoms with Gasteiger partial charge in [0.2, 0.25) is 0 Å². The number of rotatable bonds is 6. The third-order valence-corrected chi connectivity index (χ3v) is 5.70. The van der Waals surface area contributed by atoms with Crippen molar-refractivity contribution in [1.82, 2.24) is 0 Å². The van der Waals surface area contributed by atoms with E-state index < -0.39 is 0 Å². The summed E-state index contributed by atoms with van der Waals surface area (Å²) in [5.74, 6) is 10.1. The van der Waals surface area contributed by atoms with E-state index in [0.29, 0.717) is 11.8 Å². The molecular formula is C24H36. The van der Waals surface area contributed by atoms with Gasteiger partial charge in [0, 0.05) is 11.8 Å². The van der Waals surface area contributed by atoms with Gasteiger partial charge in [-0.2, -0.15) is 0 Å². The van der Waals surface area contributed by atoms with E-state index in [0.717, 1.165) is 11.8 Å². The van der Waals surface area contributed by atoms with Gasteiger partial charge in [0.25, 0.3) is 0 Å². The van der Waals surface area contributed by atoms with Crippen molar-refractivity contribution in [3.63, 3.8) is 0 Å². The van der Waals surface area contributed by atoms with Crippen LogP contribution in [-0.4, -0.2) is 0 Å². The molecule has 0 heterocycles. The monoisotopic (exact) mass is 324 g/mol. The van der Waals surface area contributed by atoms with Gasteiger partial charge in [-0.05, 0) is 89.9 Å². The molecule has 2 rings (SSSR count). The summed E-state index contributed by atoms with van der Waals surface area (Å²) in [6.07, 6.45) is 27.0. The first kappa shape index (κ1) is 19.1. The van der Waals surface area contributed by atoms with E-state index in [-0.39, 0.29) is 0 Å². The van der Waals surface area contributed by atoms with E-state index in [1.54, 1.807) is 0 Å². The zero-order valence-electron chi connectivity index (χ0n) is 15.8. The standard InChI is InChI=1S/C24H36/c1-3-5-7-9-21-11-15-23(16-12-21)19-20-24-17-13-22(14-18-24)10-8-6-4-2/h3-6,11,15,21-24H,7-10,12-14,16-18H2,1-2H3/b5-3+,6-4+. The lowest BCUT2D eigenvalue weighted by molar-refractivity contribution is 0.303. The SMILES string of the molecule is C/C=C/CCC1C=CC(C#CC2CCC(CC/C=C/C)CC2)CC1. The normalized spacial score (nSPS) is 30.6. The lowest BCUT2D eigenvalue weighted by Gasteiger charge is -2.25. The summed E-state index contributed by atoms with van der Waals surface area (Å²) in [7, 11) is 0. The number of hydrogen-bond donors (Lipinski definition) is 0. The van der Waals surface area contributed by atoms with Crippen molar-refractivity contribution in [2.24, 2.45) is 23.7 Å². The summed E-state index contributed by atoms with van der Waals surface area (Å²) < 4.78 is 0. The highest BCUT2D eigenvalue weighted by atomic mass is 14.2. The molecule has 0 saturated heterocycles. The van der Waals surface area contributed by atoms with E-state index in [2.05, 4.69) is 62.1 Å². The Labute approximate surface area is 150 Å². The fourth-order valence-corrected chi connectivity index (χ4v) is 4.03. The molecule has 0 aromatic carbocycles. The second-order valence-corrected chi connectivity index (χ2v) is 7.63.